The average molecular weight is 552 g/mol. The lowest BCUT2D eigenvalue weighted by atomic mass is 10.0. The third-order valence-electron chi connectivity index (χ3n) is 6.88. The summed E-state index contributed by atoms with van der Waals surface area (Å²) in [6.45, 7) is 7.94. The number of nitrogens with zero attached hydrogens (tertiary/aromatic N) is 5. The van der Waals surface area contributed by atoms with Crippen molar-refractivity contribution in [3.05, 3.63) is 59.8 Å². The number of rotatable bonds is 5. The Labute approximate surface area is 236 Å². The molecule has 2 amide bonds. The van der Waals surface area contributed by atoms with Crippen LogP contribution >= 0.6 is 0 Å². The number of amides is 2. The van der Waals surface area contributed by atoms with Crippen LogP contribution in [0.4, 0.5) is 11.4 Å². The lowest BCUT2D eigenvalue weighted by molar-refractivity contribution is -0.116. The van der Waals surface area contributed by atoms with Gasteiger partial charge in [0.15, 0.2) is 0 Å². The number of carbonyl (C=O) groups is 2. The molecule has 1 saturated heterocycles. The van der Waals surface area contributed by atoms with Crippen molar-refractivity contribution < 1.29 is 24.2 Å². The molecule has 0 radical (unpaired) electrons. The van der Waals surface area contributed by atoms with E-state index in [1.807, 2.05) is 69.4 Å². The molecule has 3 aromatic rings. The standard InChI is InChI=1S/C23H24N4O4.C5H11NO.C2H6/c1-15(28)25(2)16-5-7-17(8-6-16)26-14-13-20-21(23(26)29)27(24-22(20)31-4)18-9-11-19(30-3)12-10-18;1-6-3-2-5(7)4-6;1-2/h5-12H,13-14H2,1-4H3;5,7H,2-4H2,1H3;1-2H3. The molecule has 10 nitrogen and oxygen atoms in total. The Morgan fingerprint density at radius 3 is 2.10 bits per heavy atom. The first kappa shape index (κ1) is 30.6. The summed E-state index contributed by atoms with van der Waals surface area (Å²) in [5.41, 5.74) is 3.56. The van der Waals surface area contributed by atoms with Crippen molar-refractivity contribution in [3.8, 4) is 17.3 Å². The van der Waals surface area contributed by atoms with Crippen molar-refractivity contribution in [1.82, 2.24) is 14.7 Å². The normalized spacial score (nSPS) is 16.2. The van der Waals surface area contributed by atoms with Crippen LogP contribution in [0.15, 0.2) is 48.5 Å². The second kappa shape index (κ2) is 14.0. The zero-order valence-corrected chi connectivity index (χ0v) is 24.5. The third kappa shape index (κ3) is 6.81. The summed E-state index contributed by atoms with van der Waals surface area (Å²) in [5.74, 6) is 0.972. The molecule has 1 atom stereocenters. The Morgan fingerprint density at radius 2 is 1.62 bits per heavy atom. The van der Waals surface area contributed by atoms with Crippen LogP contribution < -0.4 is 19.3 Å². The van der Waals surface area contributed by atoms with Gasteiger partial charge in [-0.05, 0) is 68.4 Å². The SMILES string of the molecule is CC.CN1CCC(O)C1.COc1ccc(-n2nc(OC)c3c2C(=O)N(c2ccc(N(C)C(C)=O)cc2)CC3)cc1. The fraction of sp³-hybridized carbons (Fsp3) is 0.433. The van der Waals surface area contributed by atoms with Gasteiger partial charge in [0, 0.05) is 50.5 Å². The van der Waals surface area contributed by atoms with E-state index in [0.29, 0.717) is 24.5 Å². The highest BCUT2D eigenvalue weighted by Crippen LogP contribution is 2.33. The molecule has 216 valence electrons. The van der Waals surface area contributed by atoms with Gasteiger partial charge in [0.2, 0.25) is 11.8 Å². The molecule has 2 aromatic carbocycles. The number of aliphatic hydroxyl groups excluding tert-OH is 1. The molecule has 2 aliphatic heterocycles. The summed E-state index contributed by atoms with van der Waals surface area (Å²) in [6, 6.07) is 14.7. The highest BCUT2D eigenvalue weighted by Gasteiger charge is 2.33. The van der Waals surface area contributed by atoms with Gasteiger partial charge < -0.3 is 29.3 Å². The van der Waals surface area contributed by atoms with Crippen LogP contribution in [0.1, 0.15) is 43.2 Å². The van der Waals surface area contributed by atoms with Crippen molar-refractivity contribution in [1.29, 1.82) is 0 Å². The third-order valence-corrected chi connectivity index (χ3v) is 6.88. The number of hydrogen-bond donors (Lipinski definition) is 1. The summed E-state index contributed by atoms with van der Waals surface area (Å²) < 4.78 is 12.3. The van der Waals surface area contributed by atoms with Crippen LogP contribution in [0.25, 0.3) is 5.69 Å². The lowest BCUT2D eigenvalue weighted by Crippen LogP contribution is -2.38. The molecule has 1 unspecified atom stereocenters. The Balaban J connectivity index is 0.000000422. The van der Waals surface area contributed by atoms with Gasteiger partial charge >= 0.3 is 0 Å². The van der Waals surface area contributed by atoms with Gasteiger partial charge in [-0.25, -0.2) is 4.68 Å². The maximum Gasteiger partial charge on any atom is 0.277 e. The van der Waals surface area contributed by atoms with E-state index >= 15 is 0 Å². The van der Waals surface area contributed by atoms with Gasteiger partial charge in [0.25, 0.3) is 5.91 Å². The van der Waals surface area contributed by atoms with Crippen LogP contribution in [-0.4, -0.2) is 85.7 Å². The first-order valence-corrected chi connectivity index (χ1v) is 13.6. The molecule has 2 aliphatic rings. The molecule has 3 heterocycles. The Hall–Kier alpha value is -3.89. The topological polar surface area (TPSA) is 100 Å². The summed E-state index contributed by atoms with van der Waals surface area (Å²) in [4.78, 5) is 30.5. The number of hydrogen-bond acceptors (Lipinski definition) is 7. The molecule has 1 N–H and O–H groups in total. The molecular formula is C30H41N5O5. The Bertz CT molecular complexity index is 1260. The minimum atomic E-state index is -0.152. The Kier molecular flexibility index (Phi) is 10.7. The van der Waals surface area contributed by atoms with E-state index in [0.717, 1.165) is 47.9 Å². The zero-order valence-electron chi connectivity index (χ0n) is 24.5. The van der Waals surface area contributed by atoms with Gasteiger partial charge in [-0.2, -0.15) is 0 Å². The van der Waals surface area contributed by atoms with Crippen molar-refractivity contribution in [2.45, 2.75) is 39.7 Å². The van der Waals surface area contributed by atoms with Crippen LogP contribution in [0.3, 0.4) is 0 Å². The van der Waals surface area contributed by atoms with Gasteiger partial charge in [-0.1, -0.05) is 13.8 Å². The van der Waals surface area contributed by atoms with Gasteiger partial charge in [0.1, 0.15) is 11.4 Å². The predicted molar refractivity (Wildman–Crippen MR) is 157 cm³/mol. The summed E-state index contributed by atoms with van der Waals surface area (Å²) in [6.07, 6.45) is 1.52. The van der Waals surface area contributed by atoms with Crippen molar-refractivity contribution in [2.75, 3.05) is 57.7 Å². The highest BCUT2D eigenvalue weighted by molar-refractivity contribution is 6.08. The molecule has 40 heavy (non-hydrogen) atoms. The van der Waals surface area contributed by atoms with Crippen LogP contribution in [0, 0.1) is 0 Å². The van der Waals surface area contributed by atoms with E-state index in [-0.39, 0.29) is 17.9 Å². The summed E-state index contributed by atoms with van der Waals surface area (Å²) >= 11 is 0. The van der Waals surface area contributed by atoms with Crippen molar-refractivity contribution in [3.63, 3.8) is 0 Å². The molecule has 0 aliphatic carbocycles. The van der Waals surface area contributed by atoms with Gasteiger partial charge in [-0.3, -0.25) is 9.59 Å². The molecule has 10 heteroatoms. The number of aromatic nitrogens is 2. The Morgan fingerprint density at radius 1 is 1.00 bits per heavy atom. The summed E-state index contributed by atoms with van der Waals surface area (Å²) in [5, 5.41) is 13.4. The first-order valence-electron chi connectivity index (χ1n) is 13.6. The largest absolute Gasteiger partial charge is 0.497 e. The molecule has 0 saturated carbocycles. The van der Waals surface area contributed by atoms with Crippen LogP contribution in [0.5, 0.6) is 11.6 Å². The molecule has 0 spiro atoms. The number of carbonyl (C=O) groups excluding carboxylic acids is 2. The number of anilines is 2. The minimum Gasteiger partial charge on any atom is -0.497 e. The van der Waals surface area contributed by atoms with Crippen LogP contribution in [-0.2, 0) is 11.2 Å². The number of methoxy groups -OCH3 is 2. The second-order valence-electron chi connectivity index (χ2n) is 9.45. The monoisotopic (exact) mass is 551 g/mol. The summed E-state index contributed by atoms with van der Waals surface area (Å²) in [7, 11) is 6.91. The molecule has 1 fully saturated rings. The quantitative estimate of drug-likeness (QED) is 0.515. The number of aliphatic hydroxyl groups is 1. The maximum atomic E-state index is 13.5. The number of likely N-dealkylation sites (tertiary alicyclic amines) is 1. The second-order valence-corrected chi connectivity index (χ2v) is 9.45. The lowest BCUT2D eigenvalue weighted by Gasteiger charge is -2.28. The first-order chi connectivity index (χ1) is 19.2. The van der Waals surface area contributed by atoms with E-state index in [9.17, 15) is 9.59 Å². The molecule has 1 aromatic heterocycles. The number of likely N-dealkylation sites (N-methyl/N-ethyl adjacent to an activating group) is 1. The molecule has 5 rings (SSSR count). The zero-order chi connectivity index (χ0) is 29.4. The maximum absolute atomic E-state index is 13.5. The average Bonchev–Trinajstić information content (AvgIpc) is 3.56. The molecular weight excluding hydrogens is 510 g/mol. The fourth-order valence-electron chi connectivity index (χ4n) is 4.60. The van der Waals surface area contributed by atoms with E-state index in [1.165, 1.54) is 6.92 Å². The van der Waals surface area contributed by atoms with Gasteiger partial charge in [-0.15, -0.1) is 5.10 Å². The van der Waals surface area contributed by atoms with E-state index < -0.39 is 0 Å². The highest BCUT2D eigenvalue weighted by atomic mass is 16.5. The number of β-amino-alcohol motifs (C(OH)–C–C–N with tert-alkyl or cyclic N) is 1. The van der Waals surface area contributed by atoms with Crippen molar-refractivity contribution >= 4 is 23.2 Å². The number of benzene rings is 2. The minimum absolute atomic E-state index is 0.0509. The van der Waals surface area contributed by atoms with Gasteiger partial charge in [0.05, 0.1) is 26.0 Å². The van der Waals surface area contributed by atoms with E-state index in [2.05, 4.69) is 10.00 Å². The predicted octanol–water partition coefficient (Wildman–Crippen LogP) is 3.78. The van der Waals surface area contributed by atoms with Crippen LogP contribution in [0.2, 0.25) is 0 Å². The van der Waals surface area contributed by atoms with E-state index in [1.54, 1.807) is 35.7 Å². The number of fused-ring (bicyclic) bond motifs is 1. The molecule has 0 bridgehead atoms. The smallest absolute Gasteiger partial charge is 0.277 e. The number of ether oxygens (including phenoxy) is 2. The fourth-order valence-corrected chi connectivity index (χ4v) is 4.60. The van der Waals surface area contributed by atoms with Crippen molar-refractivity contribution in [2.24, 2.45) is 0 Å². The van der Waals surface area contributed by atoms with E-state index in [4.69, 9.17) is 14.6 Å².